The van der Waals surface area contributed by atoms with Crippen LogP contribution in [0.1, 0.15) is 0 Å². The van der Waals surface area contributed by atoms with Crippen molar-refractivity contribution >= 4 is 81.3 Å². The fraction of sp³-hybridized carbons (Fsp3) is 0. The van der Waals surface area contributed by atoms with Crippen LogP contribution >= 0.6 is 11.3 Å². The maximum Gasteiger partial charge on any atom is 0.136 e. The summed E-state index contributed by atoms with van der Waals surface area (Å²) in [5.41, 5.74) is 7.72. The van der Waals surface area contributed by atoms with Gasteiger partial charge in [0.05, 0.1) is 10.4 Å². The van der Waals surface area contributed by atoms with Crippen molar-refractivity contribution < 1.29 is 4.42 Å². The van der Waals surface area contributed by atoms with Crippen molar-refractivity contribution in [2.24, 2.45) is 0 Å². The van der Waals surface area contributed by atoms with Crippen LogP contribution in [0.15, 0.2) is 156 Å². The van der Waals surface area contributed by atoms with Gasteiger partial charge in [-0.05, 0) is 76.5 Å². The van der Waals surface area contributed by atoms with E-state index >= 15 is 0 Å². The first-order chi connectivity index (χ1) is 21.3. The van der Waals surface area contributed by atoms with E-state index in [-0.39, 0.29) is 0 Å². The van der Waals surface area contributed by atoms with Crippen LogP contribution in [-0.2, 0) is 0 Å². The third kappa shape index (κ3) is 3.86. The Morgan fingerprint density at radius 2 is 1.19 bits per heavy atom. The molecule has 2 heterocycles. The second kappa shape index (κ2) is 9.59. The molecule has 9 rings (SSSR count). The molecule has 7 aromatic carbocycles. The number of para-hydroxylation sites is 2. The summed E-state index contributed by atoms with van der Waals surface area (Å²) in [4.78, 5) is 2.38. The molecular formula is C40H25NOS. The molecule has 0 N–H and O–H groups in total. The molecule has 0 atom stereocenters. The molecule has 0 amide bonds. The van der Waals surface area contributed by atoms with E-state index in [9.17, 15) is 0 Å². The van der Waals surface area contributed by atoms with Crippen molar-refractivity contribution in [1.29, 1.82) is 0 Å². The van der Waals surface area contributed by atoms with Gasteiger partial charge in [-0.2, -0.15) is 0 Å². The van der Waals surface area contributed by atoms with Crippen LogP contribution in [0.25, 0.3) is 64.0 Å². The lowest BCUT2D eigenvalue weighted by molar-refractivity contribution is 0.669. The first-order valence-corrected chi connectivity index (χ1v) is 15.3. The Bertz CT molecular complexity index is 2450. The lowest BCUT2D eigenvalue weighted by Crippen LogP contribution is -2.09. The van der Waals surface area contributed by atoms with E-state index in [1.807, 2.05) is 23.5 Å². The van der Waals surface area contributed by atoms with E-state index in [2.05, 4.69) is 144 Å². The van der Waals surface area contributed by atoms with Gasteiger partial charge in [0.1, 0.15) is 11.2 Å². The van der Waals surface area contributed by atoms with Crippen LogP contribution in [0.3, 0.4) is 0 Å². The smallest absolute Gasteiger partial charge is 0.136 e. The minimum atomic E-state index is 0.930. The highest BCUT2D eigenvalue weighted by Crippen LogP contribution is 2.45. The van der Waals surface area contributed by atoms with E-state index < -0.39 is 0 Å². The van der Waals surface area contributed by atoms with Crippen molar-refractivity contribution in [3.63, 3.8) is 0 Å². The first kappa shape index (κ1) is 24.2. The molecule has 0 spiro atoms. The molecule has 0 aliphatic heterocycles. The van der Waals surface area contributed by atoms with Gasteiger partial charge in [0.25, 0.3) is 0 Å². The van der Waals surface area contributed by atoms with Crippen LogP contribution in [0.5, 0.6) is 0 Å². The fourth-order valence-electron chi connectivity index (χ4n) is 6.45. The first-order valence-electron chi connectivity index (χ1n) is 14.5. The monoisotopic (exact) mass is 567 g/mol. The molecule has 43 heavy (non-hydrogen) atoms. The van der Waals surface area contributed by atoms with Crippen LogP contribution in [0.2, 0.25) is 0 Å². The highest BCUT2D eigenvalue weighted by molar-refractivity contribution is 7.26. The molecule has 0 saturated heterocycles. The Morgan fingerprint density at radius 3 is 2.07 bits per heavy atom. The SMILES string of the molecule is c1ccc(N(c2ccc(-c3ccc4c(ccc5oc6ccccc6c54)c3)cc2)c2cccc3c2sc2ccccc23)cc1. The molecule has 0 unspecified atom stereocenters. The van der Waals surface area contributed by atoms with E-state index in [0.717, 1.165) is 27.9 Å². The second-order valence-corrected chi connectivity index (χ2v) is 12.0. The molecule has 0 aliphatic rings. The zero-order valence-corrected chi connectivity index (χ0v) is 24.0. The van der Waals surface area contributed by atoms with E-state index in [0.29, 0.717) is 0 Å². The summed E-state index contributed by atoms with van der Waals surface area (Å²) in [6.45, 7) is 0. The predicted molar refractivity (Wildman–Crippen MR) is 184 cm³/mol. The fourth-order valence-corrected chi connectivity index (χ4v) is 7.65. The lowest BCUT2D eigenvalue weighted by atomic mass is 9.98. The topological polar surface area (TPSA) is 16.4 Å². The molecule has 0 bridgehead atoms. The van der Waals surface area contributed by atoms with Gasteiger partial charge in [-0.25, -0.2) is 0 Å². The maximum absolute atomic E-state index is 6.12. The number of furan rings is 1. The maximum atomic E-state index is 6.12. The molecule has 0 saturated carbocycles. The number of rotatable bonds is 4. The van der Waals surface area contributed by atoms with Gasteiger partial charge in [-0.15, -0.1) is 11.3 Å². The average Bonchev–Trinajstić information content (AvgIpc) is 3.65. The number of fused-ring (bicyclic) bond motifs is 8. The Kier molecular flexibility index (Phi) is 5.40. The number of benzene rings is 7. The quantitative estimate of drug-likeness (QED) is 0.210. The van der Waals surface area contributed by atoms with Crippen molar-refractivity contribution in [2.45, 2.75) is 0 Å². The van der Waals surface area contributed by atoms with Crippen molar-refractivity contribution in [1.82, 2.24) is 0 Å². The highest BCUT2D eigenvalue weighted by atomic mass is 32.1. The van der Waals surface area contributed by atoms with Crippen LogP contribution in [0.4, 0.5) is 17.1 Å². The summed E-state index contributed by atoms with van der Waals surface area (Å²) in [6.07, 6.45) is 0. The molecule has 0 fully saturated rings. The molecule has 0 aliphatic carbocycles. The third-order valence-electron chi connectivity index (χ3n) is 8.46. The Labute approximate surface area is 252 Å². The second-order valence-electron chi connectivity index (χ2n) is 10.9. The Morgan fingerprint density at radius 1 is 0.465 bits per heavy atom. The summed E-state index contributed by atoms with van der Waals surface area (Å²) in [7, 11) is 0. The van der Waals surface area contributed by atoms with Gasteiger partial charge >= 0.3 is 0 Å². The molecule has 9 aromatic rings. The number of anilines is 3. The molecule has 202 valence electrons. The zero-order valence-electron chi connectivity index (χ0n) is 23.2. The van der Waals surface area contributed by atoms with Crippen LogP contribution < -0.4 is 4.90 Å². The molecule has 3 heteroatoms. The summed E-state index contributed by atoms with van der Waals surface area (Å²) in [5, 5.41) is 7.38. The molecule has 2 aromatic heterocycles. The predicted octanol–water partition coefficient (Wildman–Crippen LogP) is 12.2. The largest absolute Gasteiger partial charge is 0.456 e. The van der Waals surface area contributed by atoms with Crippen LogP contribution in [-0.4, -0.2) is 0 Å². The minimum absolute atomic E-state index is 0.930. The third-order valence-corrected chi connectivity index (χ3v) is 9.66. The summed E-state index contributed by atoms with van der Waals surface area (Å²) >= 11 is 1.86. The van der Waals surface area contributed by atoms with Gasteiger partial charge in [-0.3, -0.25) is 0 Å². The summed E-state index contributed by atoms with van der Waals surface area (Å²) < 4.78 is 8.73. The number of nitrogens with zero attached hydrogens (tertiary/aromatic N) is 1. The standard InChI is InChI=1S/C40H25NOS/c1-2-9-29(10-3-1)41(35-14-8-13-33-32-11-5-7-16-38(32)43-40(33)35)30-21-17-26(18-22-30)27-19-23-31-28(25-27)20-24-37-39(31)34-12-4-6-15-36(34)42-37/h1-25H. The van der Waals surface area contributed by atoms with E-state index in [1.54, 1.807) is 0 Å². The molecular weight excluding hydrogens is 543 g/mol. The van der Waals surface area contributed by atoms with E-state index in [4.69, 9.17) is 4.42 Å². The Balaban J connectivity index is 1.16. The van der Waals surface area contributed by atoms with Crippen molar-refractivity contribution in [3.8, 4) is 11.1 Å². The van der Waals surface area contributed by atoms with Gasteiger partial charge < -0.3 is 9.32 Å². The van der Waals surface area contributed by atoms with E-state index in [1.165, 1.54) is 53.1 Å². The number of thiophene rings is 1. The summed E-state index contributed by atoms with van der Waals surface area (Å²) in [6, 6.07) is 54.3. The van der Waals surface area contributed by atoms with Gasteiger partial charge in [0.2, 0.25) is 0 Å². The summed E-state index contributed by atoms with van der Waals surface area (Å²) in [5.74, 6) is 0. The van der Waals surface area contributed by atoms with Crippen LogP contribution in [0, 0.1) is 0 Å². The number of hydrogen-bond acceptors (Lipinski definition) is 3. The Hall–Kier alpha value is -5.38. The van der Waals surface area contributed by atoms with Crippen molar-refractivity contribution in [2.75, 3.05) is 4.90 Å². The molecule has 0 radical (unpaired) electrons. The molecule has 2 nitrogen and oxygen atoms in total. The van der Waals surface area contributed by atoms with Crippen molar-refractivity contribution in [3.05, 3.63) is 152 Å². The van der Waals surface area contributed by atoms with Gasteiger partial charge in [0, 0.05) is 37.6 Å². The van der Waals surface area contributed by atoms with Gasteiger partial charge in [0.15, 0.2) is 0 Å². The minimum Gasteiger partial charge on any atom is -0.456 e. The lowest BCUT2D eigenvalue weighted by Gasteiger charge is -2.26. The number of hydrogen-bond donors (Lipinski definition) is 0. The zero-order chi connectivity index (χ0) is 28.3. The van der Waals surface area contributed by atoms with Gasteiger partial charge in [-0.1, -0.05) is 97.1 Å². The highest BCUT2D eigenvalue weighted by Gasteiger charge is 2.18. The average molecular weight is 568 g/mol. The normalized spacial score (nSPS) is 11.7.